The molecule has 2 aliphatic rings. The Hall–Kier alpha value is -1.13. The molecular formula is C16H20N2OS. The molecule has 2 bridgehead atoms. The van der Waals surface area contributed by atoms with Gasteiger partial charge in [0.2, 0.25) is 0 Å². The van der Waals surface area contributed by atoms with Gasteiger partial charge in [0.25, 0.3) is 0 Å². The Labute approximate surface area is 123 Å². The van der Waals surface area contributed by atoms with Crippen molar-refractivity contribution in [2.24, 2.45) is 5.92 Å². The lowest BCUT2D eigenvalue weighted by molar-refractivity contribution is 0.298. The molecule has 2 aliphatic heterocycles. The van der Waals surface area contributed by atoms with E-state index in [1.807, 2.05) is 17.4 Å². The molecule has 0 saturated carbocycles. The molecule has 0 radical (unpaired) electrons. The van der Waals surface area contributed by atoms with Gasteiger partial charge in [-0.3, -0.25) is 0 Å². The summed E-state index contributed by atoms with van der Waals surface area (Å²) in [4.78, 5) is 4.80. The number of thiazole rings is 1. The molecule has 3 nitrogen and oxygen atoms in total. The van der Waals surface area contributed by atoms with Crippen molar-refractivity contribution in [3.63, 3.8) is 0 Å². The van der Waals surface area contributed by atoms with Gasteiger partial charge in [-0.15, -0.1) is 11.3 Å². The second kappa shape index (κ2) is 5.01. The Bertz CT molecular complexity index is 612. The predicted molar refractivity (Wildman–Crippen MR) is 82.5 cm³/mol. The largest absolute Gasteiger partial charge is 0.497 e. The maximum Gasteiger partial charge on any atom is 0.120 e. The third kappa shape index (κ3) is 2.31. The van der Waals surface area contributed by atoms with Gasteiger partial charge in [0.1, 0.15) is 5.75 Å². The van der Waals surface area contributed by atoms with E-state index in [0.29, 0.717) is 0 Å². The number of fused-ring (bicyclic) bond motifs is 3. The molecule has 2 fully saturated rings. The van der Waals surface area contributed by atoms with Crippen molar-refractivity contribution in [2.75, 3.05) is 7.11 Å². The van der Waals surface area contributed by atoms with E-state index in [1.165, 1.54) is 35.4 Å². The first kappa shape index (κ1) is 12.6. The summed E-state index contributed by atoms with van der Waals surface area (Å²) in [5.41, 5.74) is 1.11. The molecule has 4 rings (SSSR count). The average molecular weight is 288 g/mol. The molecule has 106 valence electrons. The highest BCUT2D eigenvalue weighted by atomic mass is 32.1. The highest BCUT2D eigenvalue weighted by Crippen LogP contribution is 2.34. The molecule has 1 N–H and O–H groups in total. The fraction of sp³-hybridized carbons (Fsp3) is 0.562. The van der Waals surface area contributed by atoms with Gasteiger partial charge in [-0.1, -0.05) is 0 Å². The summed E-state index contributed by atoms with van der Waals surface area (Å²) in [6.07, 6.45) is 6.55. The zero-order valence-electron chi connectivity index (χ0n) is 11.8. The van der Waals surface area contributed by atoms with E-state index < -0.39 is 0 Å². The number of methoxy groups -OCH3 is 1. The number of nitrogens with zero attached hydrogens (tertiary/aromatic N) is 1. The van der Waals surface area contributed by atoms with Crippen molar-refractivity contribution < 1.29 is 4.74 Å². The minimum absolute atomic E-state index is 0.772. The van der Waals surface area contributed by atoms with E-state index in [0.717, 1.165) is 35.7 Å². The molecule has 3 heterocycles. The maximum atomic E-state index is 5.29. The lowest BCUT2D eigenvalue weighted by Gasteiger charge is -2.28. The lowest BCUT2D eigenvalue weighted by Crippen LogP contribution is -2.38. The maximum absolute atomic E-state index is 5.29. The molecule has 0 amide bonds. The molecule has 4 heteroatoms. The van der Waals surface area contributed by atoms with Crippen LogP contribution in [0.3, 0.4) is 0 Å². The molecule has 2 aromatic rings. The van der Waals surface area contributed by atoms with Crippen molar-refractivity contribution in [1.29, 1.82) is 0 Å². The summed E-state index contributed by atoms with van der Waals surface area (Å²) < 4.78 is 6.54. The zero-order valence-corrected chi connectivity index (χ0v) is 12.6. The second-order valence-electron chi connectivity index (χ2n) is 6.12. The number of nitrogens with one attached hydrogen (secondary N) is 1. The number of aromatic nitrogens is 1. The minimum atomic E-state index is 0.772. The molecular weight excluding hydrogens is 268 g/mol. The number of ether oxygens (including phenoxy) is 1. The number of hydrogen-bond acceptors (Lipinski definition) is 4. The number of piperidine rings is 1. The molecule has 2 atom stereocenters. The van der Waals surface area contributed by atoms with E-state index in [-0.39, 0.29) is 0 Å². The van der Waals surface area contributed by atoms with Crippen LogP contribution >= 0.6 is 11.3 Å². The topological polar surface area (TPSA) is 34.1 Å². The van der Waals surface area contributed by atoms with Crippen LogP contribution in [0.25, 0.3) is 10.2 Å². The van der Waals surface area contributed by atoms with Gasteiger partial charge < -0.3 is 10.1 Å². The normalized spacial score (nSPS) is 28.9. The van der Waals surface area contributed by atoms with E-state index in [1.54, 1.807) is 7.11 Å². The van der Waals surface area contributed by atoms with Gasteiger partial charge in [0, 0.05) is 18.5 Å². The van der Waals surface area contributed by atoms with Crippen molar-refractivity contribution in [3.05, 3.63) is 23.2 Å². The smallest absolute Gasteiger partial charge is 0.120 e. The average Bonchev–Trinajstić information content (AvgIpc) is 3.00. The third-order valence-electron chi connectivity index (χ3n) is 4.67. The Morgan fingerprint density at radius 3 is 2.85 bits per heavy atom. The number of benzene rings is 1. The SMILES string of the molecule is COc1ccc2nc(CC3CC4CCC(C3)N4)sc2c1. The summed E-state index contributed by atoms with van der Waals surface area (Å²) in [5.74, 6) is 1.74. The second-order valence-corrected chi connectivity index (χ2v) is 7.24. The Morgan fingerprint density at radius 2 is 2.10 bits per heavy atom. The Kier molecular flexibility index (Phi) is 3.15. The summed E-state index contributed by atoms with van der Waals surface area (Å²) in [5, 5.41) is 5.01. The van der Waals surface area contributed by atoms with Crippen molar-refractivity contribution in [1.82, 2.24) is 10.3 Å². The molecule has 0 spiro atoms. The summed E-state index contributed by atoms with van der Waals surface area (Å²) >= 11 is 1.83. The molecule has 0 aliphatic carbocycles. The quantitative estimate of drug-likeness (QED) is 0.940. The summed E-state index contributed by atoms with van der Waals surface area (Å²) in [6.45, 7) is 0. The summed E-state index contributed by atoms with van der Waals surface area (Å²) in [7, 11) is 1.72. The monoisotopic (exact) mass is 288 g/mol. The van der Waals surface area contributed by atoms with Gasteiger partial charge in [-0.05, 0) is 49.8 Å². The van der Waals surface area contributed by atoms with Crippen LogP contribution in [0.5, 0.6) is 5.75 Å². The highest BCUT2D eigenvalue weighted by molar-refractivity contribution is 7.18. The Balaban J connectivity index is 1.53. The van der Waals surface area contributed by atoms with E-state index in [9.17, 15) is 0 Å². The third-order valence-corrected chi connectivity index (χ3v) is 5.71. The fourth-order valence-corrected chi connectivity index (χ4v) is 4.87. The molecule has 20 heavy (non-hydrogen) atoms. The minimum Gasteiger partial charge on any atom is -0.497 e. The van der Waals surface area contributed by atoms with Gasteiger partial charge in [0.05, 0.1) is 22.3 Å². The predicted octanol–water partition coefficient (Wildman–Crippen LogP) is 3.38. The molecule has 1 aromatic carbocycles. The van der Waals surface area contributed by atoms with Crippen LogP contribution in [0.2, 0.25) is 0 Å². The van der Waals surface area contributed by atoms with Gasteiger partial charge in [-0.25, -0.2) is 4.98 Å². The van der Waals surface area contributed by atoms with Crippen LogP contribution in [0.15, 0.2) is 18.2 Å². The standard InChI is InChI=1S/C16H20N2OS/c1-19-13-4-5-14-15(9-13)20-16(18-14)8-10-6-11-2-3-12(7-10)17-11/h4-5,9-12,17H,2-3,6-8H2,1H3. The first-order valence-electron chi connectivity index (χ1n) is 7.49. The van der Waals surface area contributed by atoms with Gasteiger partial charge >= 0.3 is 0 Å². The van der Waals surface area contributed by atoms with Gasteiger partial charge in [-0.2, -0.15) is 0 Å². The van der Waals surface area contributed by atoms with E-state index >= 15 is 0 Å². The van der Waals surface area contributed by atoms with Crippen LogP contribution in [0.1, 0.15) is 30.7 Å². The number of rotatable bonds is 3. The zero-order chi connectivity index (χ0) is 13.5. The fourth-order valence-electron chi connectivity index (χ4n) is 3.76. The van der Waals surface area contributed by atoms with Crippen LogP contribution in [0.4, 0.5) is 0 Å². The van der Waals surface area contributed by atoms with Crippen LogP contribution in [-0.2, 0) is 6.42 Å². The number of hydrogen-bond donors (Lipinski definition) is 1. The molecule has 2 unspecified atom stereocenters. The molecule has 1 aromatic heterocycles. The van der Waals surface area contributed by atoms with Crippen LogP contribution in [0, 0.1) is 5.92 Å². The van der Waals surface area contributed by atoms with E-state index in [2.05, 4.69) is 17.4 Å². The molecule has 2 saturated heterocycles. The van der Waals surface area contributed by atoms with Crippen molar-refractivity contribution in [2.45, 2.75) is 44.2 Å². The highest BCUT2D eigenvalue weighted by Gasteiger charge is 2.33. The first-order chi connectivity index (χ1) is 9.80. The lowest BCUT2D eigenvalue weighted by atomic mass is 9.90. The van der Waals surface area contributed by atoms with Crippen LogP contribution in [-0.4, -0.2) is 24.2 Å². The van der Waals surface area contributed by atoms with Crippen molar-refractivity contribution >= 4 is 21.6 Å². The van der Waals surface area contributed by atoms with Crippen molar-refractivity contribution in [3.8, 4) is 5.75 Å². The van der Waals surface area contributed by atoms with E-state index in [4.69, 9.17) is 9.72 Å². The van der Waals surface area contributed by atoms with Gasteiger partial charge in [0.15, 0.2) is 0 Å². The summed E-state index contributed by atoms with van der Waals surface area (Å²) in [6, 6.07) is 7.71. The Morgan fingerprint density at radius 1 is 1.30 bits per heavy atom. The van der Waals surface area contributed by atoms with Crippen LogP contribution < -0.4 is 10.1 Å². The first-order valence-corrected chi connectivity index (χ1v) is 8.31.